The Kier molecular flexibility index (Phi) is 2.84. The fourth-order valence-corrected chi connectivity index (χ4v) is 1.45. The van der Waals surface area contributed by atoms with Gasteiger partial charge < -0.3 is 0 Å². The van der Waals surface area contributed by atoms with E-state index in [4.69, 9.17) is 0 Å². The van der Waals surface area contributed by atoms with Gasteiger partial charge in [0.2, 0.25) is 0 Å². The first-order valence-corrected chi connectivity index (χ1v) is 4.77. The average molecular weight is 180 g/mol. The van der Waals surface area contributed by atoms with E-state index in [1.54, 1.807) is 0 Å². The summed E-state index contributed by atoms with van der Waals surface area (Å²) in [7, 11) is 0. The summed E-state index contributed by atoms with van der Waals surface area (Å²) in [6.45, 7) is 8.65. The first-order valence-electron chi connectivity index (χ1n) is 4.32. The summed E-state index contributed by atoms with van der Waals surface area (Å²) in [4.78, 5) is 1.12. The average Bonchev–Trinajstić information content (AvgIpc) is 1.99. The van der Waals surface area contributed by atoms with Crippen molar-refractivity contribution < 1.29 is 0 Å². The third-order valence-electron chi connectivity index (χ3n) is 2.18. The fraction of sp³-hybridized carbons (Fsp3) is 0.455. The SMILES string of the molecule is Cc1cc(C(C)C)cc(C)c1S. The molecule has 0 N–H and O–H groups in total. The summed E-state index contributed by atoms with van der Waals surface area (Å²) in [6, 6.07) is 4.44. The Morgan fingerprint density at radius 2 is 1.50 bits per heavy atom. The minimum absolute atomic E-state index is 0.608. The summed E-state index contributed by atoms with van der Waals surface area (Å²) in [5.74, 6) is 0.608. The summed E-state index contributed by atoms with van der Waals surface area (Å²) in [6.07, 6.45) is 0. The molecule has 0 saturated carbocycles. The zero-order valence-electron chi connectivity index (χ0n) is 8.18. The van der Waals surface area contributed by atoms with E-state index >= 15 is 0 Å². The van der Waals surface area contributed by atoms with Gasteiger partial charge in [0.25, 0.3) is 0 Å². The Morgan fingerprint density at radius 1 is 1.08 bits per heavy atom. The van der Waals surface area contributed by atoms with Crippen molar-refractivity contribution >= 4 is 12.6 Å². The largest absolute Gasteiger partial charge is 0.143 e. The second-order valence-corrected chi connectivity index (χ2v) is 4.11. The van der Waals surface area contributed by atoms with Gasteiger partial charge in [0.05, 0.1) is 0 Å². The van der Waals surface area contributed by atoms with Crippen LogP contribution < -0.4 is 0 Å². The van der Waals surface area contributed by atoms with E-state index in [2.05, 4.69) is 52.5 Å². The first-order chi connectivity index (χ1) is 5.52. The highest BCUT2D eigenvalue weighted by Crippen LogP contribution is 2.24. The van der Waals surface area contributed by atoms with Gasteiger partial charge in [-0.3, -0.25) is 0 Å². The van der Waals surface area contributed by atoms with E-state index in [1.807, 2.05) is 0 Å². The van der Waals surface area contributed by atoms with Crippen LogP contribution in [0, 0.1) is 13.8 Å². The van der Waals surface area contributed by atoms with Crippen LogP contribution in [0.5, 0.6) is 0 Å². The normalized spacial score (nSPS) is 10.8. The quantitative estimate of drug-likeness (QED) is 0.626. The molecule has 0 aliphatic rings. The highest BCUT2D eigenvalue weighted by atomic mass is 32.1. The maximum absolute atomic E-state index is 4.43. The summed E-state index contributed by atoms with van der Waals surface area (Å²) in [5, 5.41) is 0. The van der Waals surface area contributed by atoms with Gasteiger partial charge in [0, 0.05) is 4.90 Å². The molecule has 0 aliphatic carbocycles. The van der Waals surface area contributed by atoms with Crippen molar-refractivity contribution in [2.24, 2.45) is 0 Å². The number of rotatable bonds is 1. The van der Waals surface area contributed by atoms with Gasteiger partial charge in [0.15, 0.2) is 0 Å². The van der Waals surface area contributed by atoms with Gasteiger partial charge in [-0.2, -0.15) is 0 Å². The third-order valence-corrected chi connectivity index (χ3v) is 2.89. The van der Waals surface area contributed by atoms with E-state index in [9.17, 15) is 0 Å². The van der Waals surface area contributed by atoms with Crippen LogP contribution in [0.1, 0.15) is 36.5 Å². The van der Waals surface area contributed by atoms with Crippen molar-refractivity contribution in [2.75, 3.05) is 0 Å². The molecule has 0 aliphatic heterocycles. The van der Waals surface area contributed by atoms with Crippen molar-refractivity contribution in [3.8, 4) is 0 Å². The highest BCUT2D eigenvalue weighted by Gasteiger charge is 2.03. The van der Waals surface area contributed by atoms with Crippen LogP contribution in [0.3, 0.4) is 0 Å². The molecule has 0 saturated heterocycles. The van der Waals surface area contributed by atoms with Crippen molar-refractivity contribution in [3.63, 3.8) is 0 Å². The van der Waals surface area contributed by atoms with Gasteiger partial charge in [0.1, 0.15) is 0 Å². The Bertz CT molecular complexity index is 264. The van der Waals surface area contributed by atoms with Crippen LogP contribution in [-0.2, 0) is 0 Å². The molecule has 0 aromatic heterocycles. The lowest BCUT2D eigenvalue weighted by atomic mass is 9.99. The number of thiol groups is 1. The molecule has 0 bridgehead atoms. The fourth-order valence-electron chi connectivity index (χ4n) is 1.32. The lowest BCUT2D eigenvalue weighted by molar-refractivity contribution is 0.859. The molecular formula is C11H16S. The predicted octanol–water partition coefficient (Wildman–Crippen LogP) is 3.72. The molecule has 1 rings (SSSR count). The monoisotopic (exact) mass is 180 g/mol. The zero-order chi connectivity index (χ0) is 9.30. The van der Waals surface area contributed by atoms with Crippen molar-refractivity contribution in [2.45, 2.75) is 38.5 Å². The molecule has 66 valence electrons. The lowest BCUT2D eigenvalue weighted by Gasteiger charge is -2.10. The van der Waals surface area contributed by atoms with E-state index in [-0.39, 0.29) is 0 Å². The Hall–Kier alpha value is -0.430. The molecule has 0 radical (unpaired) electrons. The maximum atomic E-state index is 4.43. The van der Waals surface area contributed by atoms with Crippen molar-refractivity contribution in [3.05, 3.63) is 28.8 Å². The zero-order valence-corrected chi connectivity index (χ0v) is 9.07. The van der Waals surface area contributed by atoms with E-state index in [1.165, 1.54) is 16.7 Å². The highest BCUT2D eigenvalue weighted by molar-refractivity contribution is 7.80. The minimum Gasteiger partial charge on any atom is -0.143 e. The smallest absolute Gasteiger partial charge is 0.00987 e. The topological polar surface area (TPSA) is 0 Å². The van der Waals surface area contributed by atoms with E-state index < -0.39 is 0 Å². The predicted molar refractivity (Wildman–Crippen MR) is 57.3 cm³/mol. The van der Waals surface area contributed by atoms with Gasteiger partial charge in [-0.1, -0.05) is 26.0 Å². The Balaban J connectivity index is 3.21. The van der Waals surface area contributed by atoms with Crippen molar-refractivity contribution in [1.29, 1.82) is 0 Å². The first kappa shape index (κ1) is 9.66. The van der Waals surface area contributed by atoms with Gasteiger partial charge in [-0.25, -0.2) is 0 Å². The molecule has 0 atom stereocenters. The molecule has 1 aromatic carbocycles. The number of benzene rings is 1. The van der Waals surface area contributed by atoms with Crippen LogP contribution >= 0.6 is 12.6 Å². The molecule has 0 nitrogen and oxygen atoms in total. The number of hydrogen-bond donors (Lipinski definition) is 1. The van der Waals surface area contributed by atoms with E-state index in [0.29, 0.717) is 5.92 Å². The molecule has 0 unspecified atom stereocenters. The lowest BCUT2D eigenvalue weighted by Crippen LogP contribution is -1.91. The molecule has 0 spiro atoms. The Labute approximate surface area is 80.4 Å². The van der Waals surface area contributed by atoms with Crippen LogP contribution in [-0.4, -0.2) is 0 Å². The van der Waals surface area contributed by atoms with Gasteiger partial charge >= 0.3 is 0 Å². The van der Waals surface area contributed by atoms with Gasteiger partial charge in [-0.05, 0) is 36.5 Å². The second kappa shape index (κ2) is 3.53. The molecule has 12 heavy (non-hydrogen) atoms. The molecule has 0 amide bonds. The summed E-state index contributed by atoms with van der Waals surface area (Å²) in [5.41, 5.74) is 3.96. The Morgan fingerprint density at radius 3 is 1.83 bits per heavy atom. The maximum Gasteiger partial charge on any atom is 0.00987 e. The molecule has 0 fully saturated rings. The second-order valence-electron chi connectivity index (χ2n) is 3.66. The molecule has 1 heteroatoms. The van der Waals surface area contributed by atoms with E-state index in [0.717, 1.165) is 4.90 Å². The number of hydrogen-bond acceptors (Lipinski definition) is 1. The molecule has 0 heterocycles. The van der Waals surface area contributed by atoms with Crippen LogP contribution in [0.4, 0.5) is 0 Å². The number of aryl methyl sites for hydroxylation is 2. The molecule has 1 aromatic rings. The van der Waals surface area contributed by atoms with Crippen molar-refractivity contribution in [1.82, 2.24) is 0 Å². The minimum atomic E-state index is 0.608. The van der Waals surface area contributed by atoms with Crippen LogP contribution in [0.25, 0.3) is 0 Å². The summed E-state index contributed by atoms with van der Waals surface area (Å²) < 4.78 is 0. The van der Waals surface area contributed by atoms with Crippen LogP contribution in [0.15, 0.2) is 17.0 Å². The third kappa shape index (κ3) is 1.84. The standard InChI is InChI=1S/C11H16S/c1-7(2)10-5-8(3)11(12)9(4)6-10/h5-7,12H,1-4H3. The summed E-state index contributed by atoms with van der Waals surface area (Å²) >= 11 is 4.43. The van der Waals surface area contributed by atoms with Crippen LogP contribution in [0.2, 0.25) is 0 Å². The van der Waals surface area contributed by atoms with Gasteiger partial charge in [-0.15, -0.1) is 12.6 Å². The molecular weight excluding hydrogens is 164 g/mol.